The Morgan fingerprint density at radius 1 is 1.37 bits per heavy atom. The number of anilines is 1. The van der Waals surface area contributed by atoms with Crippen LogP contribution in [0.25, 0.3) is 0 Å². The van der Waals surface area contributed by atoms with Gasteiger partial charge in [-0.1, -0.05) is 42.6 Å². The lowest BCUT2D eigenvalue weighted by atomic mass is 10.2. The van der Waals surface area contributed by atoms with Crippen LogP contribution >= 0.6 is 23.2 Å². The van der Waals surface area contributed by atoms with E-state index in [0.29, 0.717) is 15.9 Å². The molecule has 1 amide bonds. The predicted octanol–water partition coefficient (Wildman–Crippen LogP) is 3.92. The van der Waals surface area contributed by atoms with Gasteiger partial charge in [-0.15, -0.1) is 0 Å². The molecule has 0 atom stereocenters. The highest BCUT2D eigenvalue weighted by Gasteiger charge is 2.15. The van der Waals surface area contributed by atoms with E-state index in [2.05, 4.69) is 22.4 Å². The van der Waals surface area contributed by atoms with Gasteiger partial charge in [-0.25, -0.2) is 0 Å². The summed E-state index contributed by atoms with van der Waals surface area (Å²) < 4.78 is 0. The van der Waals surface area contributed by atoms with Crippen LogP contribution < -0.4 is 5.32 Å². The van der Waals surface area contributed by atoms with Gasteiger partial charge in [0.1, 0.15) is 0 Å². The number of halogens is 2. The molecule has 0 aliphatic rings. The summed E-state index contributed by atoms with van der Waals surface area (Å²) in [6.45, 7) is 2.07. The summed E-state index contributed by atoms with van der Waals surface area (Å²) in [5.74, 6) is 0.0922. The smallest absolute Gasteiger partial charge is 0.259 e. The number of carbonyl (C=O) groups is 1. The summed E-state index contributed by atoms with van der Waals surface area (Å²) in [7, 11) is 0. The highest BCUT2D eigenvalue weighted by molar-refractivity contribution is 6.40. The first kappa shape index (κ1) is 13.9. The summed E-state index contributed by atoms with van der Waals surface area (Å²) in [4.78, 5) is 12.1. The highest BCUT2D eigenvalue weighted by Crippen LogP contribution is 2.25. The quantitative estimate of drug-likeness (QED) is 0.898. The molecule has 0 saturated heterocycles. The Morgan fingerprint density at radius 3 is 2.68 bits per heavy atom. The number of aryl methyl sites for hydroxylation is 1. The number of nitrogens with zero attached hydrogens (tertiary/aromatic N) is 1. The minimum Gasteiger partial charge on any atom is -0.305 e. The van der Waals surface area contributed by atoms with E-state index in [1.165, 1.54) is 0 Å². The topological polar surface area (TPSA) is 57.8 Å². The standard InChI is InChI=1S/C13H13Cl2N3O/c1-2-4-8-7-11(18-17-8)16-13(19)12-9(14)5-3-6-10(12)15/h3,5-7H,2,4H2,1H3,(H2,16,17,18,19). The molecular weight excluding hydrogens is 285 g/mol. The van der Waals surface area contributed by atoms with Crippen molar-refractivity contribution in [3.05, 3.63) is 45.6 Å². The first-order valence-electron chi connectivity index (χ1n) is 5.91. The van der Waals surface area contributed by atoms with E-state index < -0.39 is 0 Å². The molecule has 6 heteroatoms. The van der Waals surface area contributed by atoms with Gasteiger partial charge >= 0.3 is 0 Å². The third-order valence-electron chi connectivity index (χ3n) is 2.58. The first-order valence-corrected chi connectivity index (χ1v) is 6.67. The van der Waals surface area contributed by atoms with Gasteiger partial charge in [0, 0.05) is 11.8 Å². The summed E-state index contributed by atoms with van der Waals surface area (Å²) in [6, 6.07) is 6.73. The Morgan fingerprint density at radius 2 is 2.05 bits per heavy atom. The lowest BCUT2D eigenvalue weighted by Crippen LogP contribution is -2.13. The zero-order chi connectivity index (χ0) is 13.8. The van der Waals surface area contributed by atoms with Crippen LogP contribution in [0.4, 0.5) is 5.82 Å². The fourth-order valence-corrected chi connectivity index (χ4v) is 2.29. The van der Waals surface area contributed by atoms with Crippen LogP contribution in [0.15, 0.2) is 24.3 Å². The van der Waals surface area contributed by atoms with Gasteiger partial charge in [-0.2, -0.15) is 5.10 Å². The zero-order valence-electron chi connectivity index (χ0n) is 10.3. The molecule has 0 aliphatic heterocycles. The second-order valence-electron chi connectivity index (χ2n) is 4.08. The van der Waals surface area contributed by atoms with Gasteiger partial charge in [0.05, 0.1) is 15.6 Å². The summed E-state index contributed by atoms with van der Waals surface area (Å²) >= 11 is 11.9. The van der Waals surface area contributed by atoms with Crippen molar-refractivity contribution in [3.63, 3.8) is 0 Å². The Kier molecular flexibility index (Phi) is 4.45. The van der Waals surface area contributed by atoms with Crippen LogP contribution in [-0.4, -0.2) is 16.1 Å². The first-order chi connectivity index (χ1) is 9.11. The average molecular weight is 298 g/mol. The third kappa shape index (κ3) is 3.28. The van der Waals surface area contributed by atoms with Crippen LogP contribution in [0.2, 0.25) is 10.0 Å². The number of nitrogens with one attached hydrogen (secondary N) is 2. The number of H-pyrrole nitrogens is 1. The molecule has 0 spiro atoms. The van der Waals surface area contributed by atoms with E-state index in [1.54, 1.807) is 24.3 Å². The SMILES string of the molecule is CCCc1cc(NC(=O)c2c(Cl)cccc2Cl)n[nH]1. The summed E-state index contributed by atoms with van der Waals surface area (Å²) in [5.41, 5.74) is 1.23. The van der Waals surface area contributed by atoms with Crippen LogP contribution in [0.3, 0.4) is 0 Å². The summed E-state index contributed by atoms with van der Waals surface area (Å²) in [5, 5.41) is 10.2. The lowest BCUT2D eigenvalue weighted by molar-refractivity contribution is 0.102. The van der Waals surface area contributed by atoms with E-state index in [0.717, 1.165) is 18.5 Å². The van der Waals surface area contributed by atoms with Crippen molar-refractivity contribution >= 4 is 34.9 Å². The third-order valence-corrected chi connectivity index (χ3v) is 3.21. The zero-order valence-corrected chi connectivity index (χ0v) is 11.8. The Bertz CT molecular complexity index is 575. The van der Waals surface area contributed by atoms with Gasteiger partial charge in [-0.3, -0.25) is 9.89 Å². The molecule has 0 bridgehead atoms. The molecule has 0 fully saturated rings. The molecule has 19 heavy (non-hydrogen) atoms. The van der Waals surface area contributed by atoms with Crippen LogP contribution in [-0.2, 0) is 6.42 Å². The van der Waals surface area contributed by atoms with Crippen molar-refractivity contribution in [1.29, 1.82) is 0 Å². The fourth-order valence-electron chi connectivity index (χ4n) is 1.72. The second kappa shape index (κ2) is 6.08. The highest BCUT2D eigenvalue weighted by atomic mass is 35.5. The van der Waals surface area contributed by atoms with Gasteiger partial charge in [0.25, 0.3) is 5.91 Å². The van der Waals surface area contributed by atoms with Crippen molar-refractivity contribution in [2.75, 3.05) is 5.32 Å². The van der Waals surface area contributed by atoms with E-state index in [-0.39, 0.29) is 11.5 Å². The Hall–Kier alpha value is -1.52. The molecule has 4 nitrogen and oxygen atoms in total. The van der Waals surface area contributed by atoms with Gasteiger partial charge < -0.3 is 5.32 Å². The molecule has 1 heterocycles. The number of hydrogen-bond acceptors (Lipinski definition) is 2. The Balaban J connectivity index is 2.16. The largest absolute Gasteiger partial charge is 0.305 e. The minimum atomic E-state index is -0.370. The maximum atomic E-state index is 12.1. The molecule has 1 aromatic heterocycles. The number of rotatable bonds is 4. The molecule has 2 aromatic rings. The molecule has 1 aromatic carbocycles. The van der Waals surface area contributed by atoms with Crippen LogP contribution in [0.5, 0.6) is 0 Å². The molecule has 100 valence electrons. The normalized spacial score (nSPS) is 10.5. The van der Waals surface area contributed by atoms with Crippen molar-refractivity contribution in [1.82, 2.24) is 10.2 Å². The Labute approximate surface area is 121 Å². The van der Waals surface area contributed by atoms with Crippen molar-refractivity contribution in [2.45, 2.75) is 19.8 Å². The molecule has 0 aliphatic carbocycles. The number of hydrogen-bond donors (Lipinski definition) is 2. The number of benzene rings is 1. The molecular formula is C13H13Cl2N3O. The van der Waals surface area contributed by atoms with Crippen molar-refractivity contribution < 1.29 is 4.79 Å². The van der Waals surface area contributed by atoms with E-state index in [1.807, 2.05) is 0 Å². The maximum absolute atomic E-state index is 12.1. The van der Waals surface area contributed by atoms with Gasteiger partial charge in [-0.05, 0) is 18.6 Å². The number of aromatic amines is 1. The second-order valence-corrected chi connectivity index (χ2v) is 4.89. The van der Waals surface area contributed by atoms with Crippen LogP contribution in [0.1, 0.15) is 29.4 Å². The molecule has 0 saturated carbocycles. The molecule has 0 radical (unpaired) electrons. The predicted molar refractivity (Wildman–Crippen MR) is 77.0 cm³/mol. The molecule has 2 rings (SSSR count). The maximum Gasteiger partial charge on any atom is 0.259 e. The van der Waals surface area contributed by atoms with E-state index in [4.69, 9.17) is 23.2 Å². The number of aromatic nitrogens is 2. The van der Waals surface area contributed by atoms with E-state index in [9.17, 15) is 4.79 Å². The van der Waals surface area contributed by atoms with Crippen LogP contribution in [0, 0.1) is 0 Å². The van der Waals surface area contributed by atoms with Crippen molar-refractivity contribution in [2.24, 2.45) is 0 Å². The minimum absolute atomic E-state index is 0.255. The molecule has 2 N–H and O–H groups in total. The van der Waals surface area contributed by atoms with Gasteiger partial charge in [0.15, 0.2) is 5.82 Å². The number of amides is 1. The summed E-state index contributed by atoms with van der Waals surface area (Å²) in [6.07, 6.45) is 1.89. The van der Waals surface area contributed by atoms with Gasteiger partial charge in [0.2, 0.25) is 0 Å². The lowest BCUT2D eigenvalue weighted by Gasteiger charge is -2.05. The van der Waals surface area contributed by atoms with Crippen molar-refractivity contribution in [3.8, 4) is 0 Å². The fraction of sp³-hybridized carbons (Fsp3) is 0.231. The monoisotopic (exact) mass is 297 g/mol. The number of carbonyl (C=O) groups excluding carboxylic acids is 1. The molecule has 0 unspecified atom stereocenters. The average Bonchev–Trinajstić information content (AvgIpc) is 2.77. The van der Waals surface area contributed by atoms with E-state index >= 15 is 0 Å².